The van der Waals surface area contributed by atoms with Crippen LogP contribution in [0.15, 0.2) is 23.8 Å². The molecule has 98 valence electrons. The second kappa shape index (κ2) is 6.66. The van der Waals surface area contributed by atoms with E-state index in [1.807, 2.05) is 30.1 Å². The van der Waals surface area contributed by atoms with Gasteiger partial charge in [0, 0.05) is 43.3 Å². The minimum absolute atomic E-state index is 0.508. The zero-order valence-corrected chi connectivity index (χ0v) is 11.8. The van der Waals surface area contributed by atoms with Crippen molar-refractivity contribution in [3.63, 3.8) is 0 Å². The molecular formula is C13H20N4S. The largest absolute Gasteiger partial charge is 0.314 e. The van der Waals surface area contributed by atoms with Crippen molar-refractivity contribution in [1.29, 1.82) is 0 Å². The van der Waals surface area contributed by atoms with Crippen molar-refractivity contribution >= 4 is 11.3 Å². The van der Waals surface area contributed by atoms with Gasteiger partial charge in [0.2, 0.25) is 0 Å². The van der Waals surface area contributed by atoms with E-state index in [0.717, 1.165) is 30.9 Å². The number of hydrogen-bond acceptors (Lipinski definition) is 4. The lowest BCUT2D eigenvalue weighted by atomic mass is 10.2. The molecule has 0 unspecified atom stereocenters. The highest BCUT2D eigenvalue weighted by atomic mass is 32.1. The molecule has 1 atom stereocenters. The maximum Gasteiger partial charge on any atom is 0.0897 e. The Hall–Kier alpha value is -1.20. The molecule has 0 aromatic carbocycles. The molecular weight excluding hydrogens is 244 g/mol. The van der Waals surface area contributed by atoms with E-state index in [9.17, 15) is 0 Å². The standard InChI is InChI=1S/C13H20N4S/c1-11(5-9-17-8-3-6-15-17)14-7-4-13-10-18-12(2)16-13/h3,6,8,10-11,14H,4-5,7,9H2,1-2H3/t11-/m0/s1. The second-order valence-electron chi connectivity index (χ2n) is 4.52. The molecule has 2 aromatic heterocycles. The highest BCUT2D eigenvalue weighted by Crippen LogP contribution is 2.08. The molecule has 5 heteroatoms. The molecule has 18 heavy (non-hydrogen) atoms. The molecule has 0 aliphatic carbocycles. The van der Waals surface area contributed by atoms with Crippen molar-refractivity contribution in [2.24, 2.45) is 0 Å². The molecule has 0 aliphatic rings. The summed E-state index contributed by atoms with van der Waals surface area (Å²) in [6.45, 7) is 6.23. The van der Waals surface area contributed by atoms with Crippen LogP contribution in [0.4, 0.5) is 0 Å². The fraction of sp³-hybridized carbons (Fsp3) is 0.538. The van der Waals surface area contributed by atoms with Crippen LogP contribution in [-0.4, -0.2) is 27.4 Å². The third-order valence-electron chi connectivity index (χ3n) is 2.89. The summed E-state index contributed by atoms with van der Waals surface area (Å²) < 4.78 is 1.97. The molecule has 0 aliphatic heterocycles. The first-order valence-electron chi connectivity index (χ1n) is 6.36. The summed E-state index contributed by atoms with van der Waals surface area (Å²) in [7, 11) is 0. The first-order valence-corrected chi connectivity index (χ1v) is 7.24. The molecule has 0 amide bonds. The molecule has 0 saturated heterocycles. The van der Waals surface area contributed by atoms with E-state index < -0.39 is 0 Å². The maximum absolute atomic E-state index is 4.46. The van der Waals surface area contributed by atoms with Crippen LogP contribution in [0.5, 0.6) is 0 Å². The number of aromatic nitrogens is 3. The Balaban J connectivity index is 1.61. The van der Waals surface area contributed by atoms with E-state index in [1.165, 1.54) is 5.69 Å². The molecule has 2 rings (SSSR count). The van der Waals surface area contributed by atoms with Gasteiger partial charge >= 0.3 is 0 Å². The minimum Gasteiger partial charge on any atom is -0.314 e. The molecule has 0 saturated carbocycles. The summed E-state index contributed by atoms with van der Waals surface area (Å²) in [5.74, 6) is 0. The van der Waals surface area contributed by atoms with Crippen molar-refractivity contribution in [2.45, 2.75) is 39.3 Å². The monoisotopic (exact) mass is 264 g/mol. The third-order valence-corrected chi connectivity index (χ3v) is 3.71. The molecule has 0 spiro atoms. The number of rotatable bonds is 7. The summed E-state index contributed by atoms with van der Waals surface area (Å²) in [4.78, 5) is 4.46. The van der Waals surface area contributed by atoms with Crippen molar-refractivity contribution in [2.75, 3.05) is 6.54 Å². The third kappa shape index (κ3) is 4.23. The minimum atomic E-state index is 0.508. The van der Waals surface area contributed by atoms with Gasteiger partial charge in [-0.25, -0.2) is 4.98 Å². The van der Waals surface area contributed by atoms with Gasteiger partial charge in [0.05, 0.1) is 10.7 Å². The summed E-state index contributed by atoms with van der Waals surface area (Å²) in [5.41, 5.74) is 1.20. The normalized spacial score (nSPS) is 12.8. The zero-order chi connectivity index (χ0) is 12.8. The van der Waals surface area contributed by atoms with E-state index in [4.69, 9.17) is 0 Å². The Kier molecular flexibility index (Phi) is 4.90. The van der Waals surface area contributed by atoms with Gasteiger partial charge in [-0.15, -0.1) is 11.3 Å². The maximum atomic E-state index is 4.46. The van der Waals surface area contributed by atoms with E-state index in [2.05, 4.69) is 27.7 Å². The van der Waals surface area contributed by atoms with Crippen LogP contribution in [0.25, 0.3) is 0 Å². The van der Waals surface area contributed by atoms with Crippen molar-refractivity contribution in [3.8, 4) is 0 Å². The smallest absolute Gasteiger partial charge is 0.0897 e. The van der Waals surface area contributed by atoms with Crippen LogP contribution in [0.1, 0.15) is 24.0 Å². The Morgan fingerprint density at radius 2 is 2.39 bits per heavy atom. The van der Waals surface area contributed by atoms with Gasteiger partial charge in [-0.3, -0.25) is 4.68 Å². The van der Waals surface area contributed by atoms with Crippen LogP contribution in [0, 0.1) is 6.92 Å². The summed E-state index contributed by atoms with van der Waals surface area (Å²) in [6, 6.07) is 2.47. The lowest BCUT2D eigenvalue weighted by Crippen LogP contribution is -2.29. The quantitative estimate of drug-likeness (QED) is 0.834. The number of nitrogens with one attached hydrogen (secondary N) is 1. The molecule has 4 nitrogen and oxygen atoms in total. The molecule has 2 aromatic rings. The van der Waals surface area contributed by atoms with E-state index >= 15 is 0 Å². The first-order chi connectivity index (χ1) is 8.74. The highest BCUT2D eigenvalue weighted by molar-refractivity contribution is 7.09. The first kappa shape index (κ1) is 13.2. The predicted octanol–water partition coefficient (Wildman–Crippen LogP) is 2.26. The number of thiazole rings is 1. The Labute approximate surface area is 112 Å². The molecule has 2 heterocycles. The lowest BCUT2D eigenvalue weighted by molar-refractivity contribution is 0.460. The van der Waals surface area contributed by atoms with Crippen molar-refractivity contribution in [1.82, 2.24) is 20.1 Å². The van der Waals surface area contributed by atoms with E-state index in [0.29, 0.717) is 6.04 Å². The van der Waals surface area contributed by atoms with Gasteiger partial charge in [-0.1, -0.05) is 0 Å². The van der Waals surface area contributed by atoms with Crippen LogP contribution in [0.2, 0.25) is 0 Å². The zero-order valence-electron chi connectivity index (χ0n) is 11.0. The predicted molar refractivity (Wildman–Crippen MR) is 74.9 cm³/mol. The molecule has 1 N–H and O–H groups in total. The number of aryl methyl sites for hydroxylation is 2. The Morgan fingerprint density at radius 3 is 3.06 bits per heavy atom. The van der Waals surface area contributed by atoms with Crippen LogP contribution >= 0.6 is 11.3 Å². The number of nitrogens with zero attached hydrogens (tertiary/aromatic N) is 3. The summed E-state index contributed by atoms with van der Waals surface area (Å²) in [5, 5.41) is 11.0. The SMILES string of the molecule is Cc1nc(CCN[C@@H](C)CCn2cccn2)cs1. The van der Waals surface area contributed by atoms with Crippen molar-refractivity contribution in [3.05, 3.63) is 34.5 Å². The second-order valence-corrected chi connectivity index (χ2v) is 5.58. The summed E-state index contributed by atoms with van der Waals surface area (Å²) >= 11 is 1.72. The van der Waals surface area contributed by atoms with Crippen LogP contribution in [0.3, 0.4) is 0 Å². The Morgan fingerprint density at radius 1 is 1.50 bits per heavy atom. The molecule has 0 bridgehead atoms. The fourth-order valence-electron chi connectivity index (χ4n) is 1.83. The average molecular weight is 264 g/mol. The van der Waals surface area contributed by atoms with E-state index in [-0.39, 0.29) is 0 Å². The highest BCUT2D eigenvalue weighted by Gasteiger charge is 2.03. The lowest BCUT2D eigenvalue weighted by Gasteiger charge is -2.13. The Bertz CT molecular complexity index is 449. The molecule has 0 fully saturated rings. The van der Waals surface area contributed by atoms with Gasteiger partial charge in [0.15, 0.2) is 0 Å². The summed E-state index contributed by atoms with van der Waals surface area (Å²) in [6.07, 6.45) is 5.93. The molecule has 0 radical (unpaired) electrons. The van der Waals surface area contributed by atoms with Gasteiger partial charge in [-0.2, -0.15) is 5.10 Å². The van der Waals surface area contributed by atoms with Gasteiger partial charge in [0.1, 0.15) is 0 Å². The fourth-order valence-corrected chi connectivity index (χ4v) is 2.48. The van der Waals surface area contributed by atoms with Crippen molar-refractivity contribution < 1.29 is 0 Å². The number of hydrogen-bond donors (Lipinski definition) is 1. The van der Waals surface area contributed by atoms with Crippen LogP contribution in [-0.2, 0) is 13.0 Å². The van der Waals surface area contributed by atoms with Gasteiger partial charge in [-0.05, 0) is 26.3 Å². The van der Waals surface area contributed by atoms with Gasteiger partial charge < -0.3 is 5.32 Å². The van der Waals surface area contributed by atoms with E-state index in [1.54, 1.807) is 11.3 Å². The van der Waals surface area contributed by atoms with Gasteiger partial charge in [0.25, 0.3) is 0 Å². The van der Waals surface area contributed by atoms with Crippen LogP contribution < -0.4 is 5.32 Å². The average Bonchev–Trinajstić information content (AvgIpc) is 2.98. The topological polar surface area (TPSA) is 42.7 Å².